The molecule has 0 aliphatic carbocycles. The van der Waals surface area contributed by atoms with E-state index in [-0.39, 0.29) is 5.78 Å². The molecule has 0 saturated carbocycles. The molecular weight excluding hydrogens is 300 g/mol. The van der Waals surface area contributed by atoms with Gasteiger partial charge in [-0.15, -0.1) is 11.8 Å². The van der Waals surface area contributed by atoms with E-state index in [1.54, 1.807) is 18.0 Å². The average Bonchev–Trinajstić information content (AvgIpc) is 2.39. The third-order valence-corrected chi connectivity index (χ3v) is 4.02. The second-order valence-corrected chi connectivity index (χ2v) is 5.75. The van der Waals surface area contributed by atoms with Crippen LogP contribution in [0.1, 0.15) is 12.8 Å². The largest absolute Gasteiger partial charge is 0.501 e. The van der Waals surface area contributed by atoms with Gasteiger partial charge in [-0.25, -0.2) is 0 Å². The molecule has 90 valence electrons. The minimum Gasteiger partial charge on any atom is -0.501 e. The van der Waals surface area contributed by atoms with Crippen molar-refractivity contribution in [2.24, 2.45) is 0 Å². The van der Waals surface area contributed by atoms with Gasteiger partial charge in [0.2, 0.25) is 0 Å². The zero-order valence-electron chi connectivity index (χ0n) is 9.32. The van der Waals surface area contributed by atoms with Gasteiger partial charge in [-0.2, -0.15) is 0 Å². The van der Waals surface area contributed by atoms with Crippen LogP contribution in [0.15, 0.2) is 45.5 Å². The van der Waals surface area contributed by atoms with Crippen LogP contribution in [-0.4, -0.2) is 18.1 Å². The maximum atomic E-state index is 11.9. The molecule has 1 heterocycles. The summed E-state index contributed by atoms with van der Waals surface area (Å²) in [6.45, 7) is 0.733. The fourth-order valence-corrected chi connectivity index (χ4v) is 2.62. The van der Waals surface area contributed by atoms with Crippen LogP contribution in [0.4, 0.5) is 0 Å². The monoisotopic (exact) mass is 312 g/mol. The summed E-state index contributed by atoms with van der Waals surface area (Å²) in [5.41, 5.74) is 0.820. The number of Topliss-reactive ketones (excluding diaryl/α,β-unsaturated/α-hetero) is 1. The van der Waals surface area contributed by atoms with E-state index in [0.717, 1.165) is 34.4 Å². The predicted molar refractivity (Wildman–Crippen MR) is 73.1 cm³/mol. The molecule has 0 bridgehead atoms. The van der Waals surface area contributed by atoms with Gasteiger partial charge in [0.1, 0.15) is 0 Å². The van der Waals surface area contributed by atoms with Crippen LogP contribution >= 0.6 is 27.7 Å². The maximum absolute atomic E-state index is 11.9. The molecule has 0 aromatic heterocycles. The van der Waals surface area contributed by atoms with Crippen molar-refractivity contribution in [3.05, 3.63) is 40.6 Å². The van der Waals surface area contributed by atoms with Gasteiger partial charge in [0, 0.05) is 14.9 Å². The second kappa shape index (κ2) is 6.26. The molecule has 0 radical (unpaired) electrons. The fraction of sp³-hybridized carbons (Fsp3) is 0.308. The molecule has 1 aliphatic heterocycles. The molecular formula is C13H13BrO2S. The quantitative estimate of drug-likeness (QED) is 0.791. The summed E-state index contributed by atoms with van der Waals surface area (Å²) < 4.78 is 6.23. The first-order chi connectivity index (χ1) is 8.25. The number of benzene rings is 1. The van der Waals surface area contributed by atoms with Crippen LogP contribution in [0, 0.1) is 0 Å². The van der Waals surface area contributed by atoms with Crippen molar-refractivity contribution in [2.45, 2.75) is 17.7 Å². The lowest BCUT2D eigenvalue weighted by Crippen LogP contribution is -2.10. The Balaban J connectivity index is 1.87. The smallest absolute Gasteiger partial charge is 0.172 e. The maximum Gasteiger partial charge on any atom is 0.172 e. The summed E-state index contributed by atoms with van der Waals surface area (Å²) in [5, 5.41) is 0. The first-order valence-electron chi connectivity index (χ1n) is 5.48. The Morgan fingerprint density at radius 1 is 1.35 bits per heavy atom. The Hall–Kier alpha value is -0.740. The van der Waals surface area contributed by atoms with Crippen molar-refractivity contribution in [1.82, 2.24) is 0 Å². The number of rotatable bonds is 4. The summed E-state index contributed by atoms with van der Waals surface area (Å²) in [6, 6.07) is 7.98. The Kier molecular flexibility index (Phi) is 4.68. The molecule has 1 aromatic carbocycles. The number of allylic oxidation sites excluding steroid dienone is 1. The highest BCUT2D eigenvalue weighted by molar-refractivity contribution is 9.10. The summed E-state index contributed by atoms with van der Waals surface area (Å²) in [4.78, 5) is 13.0. The predicted octanol–water partition coefficient (Wildman–Crippen LogP) is 3.80. The molecule has 2 rings (SSSR count). The molecule has 0 amide bonds. The number of carbonyl (C=O) groups is 1. The molecule has 0 unspecified atom stereocenters. The summed E-state index contributed by atoms with van der Waals surface area (Å²) >= 11 is 4.95. The van der Waals surface area contributed by atoms with Crippen LogP contribution in [0.3, 0.4) is 0 Å². The topological polar surface area (TPSA) is 26.3 Å². The zero-order valence-corrected chi connectivity index (χ0v) is 11.7. The van der Waals surface area contributed by atoms with Crippen LogP contribution in [0.2, 0.25) is 0 Å². The van der Waals surface area contributed by atoms with Crippen molar-refractivity contribution in [1.29, 1.82) is 0 Å². The van der Waals surface area contributed by atoms with Crippen molar-refractivity contribution >= 4 is 33.5 Å². The van der Waals surface area contributed by atoms with Gasteiger partial charge < -0.3 is 4.74 Å². The summed E-state index contributed by atoms with van der Waals surface area (Å²) in [6.07, 6.45) is 3.41. The minimum absolute atomic E-state index is 0.178. The summed E-state index contributed by atoms with van der Waals surface area (Å²) in [5.74, 6) is 0.661. The highest BCUT2D eigenvalue weighted by Crippen LogP contribution is 2.22. The van der Waals surface area contributed by atoms with E-state index in [2.05, 4.69) is 15.9 Å². The number of ketones is 1. The van der Waals surface area contributed by atoms with E-state index >= 15 is 0 Å². The fourth-order valence-electron chi connectivity index (χ4n) is 1.54. The van der Waals surface area contributed by atoms with Gasteiger partial charge >= 0.3 is 0 Å². The number of thioether (sulfide) groups is 1. The molecule has 0 saturated heterocycles. The van der Waals surface area contributed by atoms with E-state index in [0.29, 0.717) is 5.75 Å². The van der Waals surface area contributed by atoms with Crippen molar-refractivity contribution in [3.8, 4) is 0 Å². The van der Waals surface area contributed by atoms with E-state index in [1.165, 1.54) is 0 Å². The number of hydrogen-bond donors (Lipinski definition) is 0. The third-order valence-electron chi connectivity index (χ3n) is 2.48. The highest BCUT2D eigenvalue weighted by Gasteiger charge is 2.13. The zero-order chi connectivity index (χ0) is 12.1. The first kappa shape index (κ1) is 12.7. The SMILES string of the molecule is O=C(CSc1ccc(Br)cc1)C1=COCCC1. The molecule has 1 aromatic rings. The van der Waals surface area contributed by atoms with E-state index in [1.807, 2.05) is 24.3 Å². The van der Waals surface area contributed by atoms with Crippen LogP contribution in [0.25, 0.3) is 0 Å². The number of halogens is 1. The van der Waals surface area contributed by atoms with Gasteiger partial charge in [-0.1, -0.05) is 15.9 Å². The Morgan fingerprint density at radius 2 is 2.12 bits per heavy atom. The lowest BCUT2D eigenvalue weighted by Gasteiger charge is -2.12. The minimum atomic E-state index is 0.178. The lowest BCUT2D eigenvalue weighted by atomic mass is 10.1. The number of hydrogen-bond acceptors (Lipinski definition) is 3. The van der Waals surface area contributed by atoms with Gasteiger partial charge in [-0.3, -0.25) is 4.79 Å². The molecule has 4 heteroatoms. The number of carbonyl (C=O) groups excluding carboxylic acids is 1. The van der Waals surface area contributed by atoms with Crippen LogP contribution in [0.5, 0.6) is 0 Å². The van der Waals surface area contributed by atoms with Gasteiger partial charge in [0.05, 0.1) is 18.6 Å². The highest BCUT2D eigenvalue weighted by atomic mass is 79.9. The van der Waals surface area contributed by atoms with E-state index in [4.69, 9.17) is 4.74 Å². The summed E-state index contributed by atoms with van der Waals surface area (Å²) in [7, 11) is 0. The number of ether oxygens (including phenoxy) is 1. The third kappa shape index (κ3) is 3.89. The van der Waals surface area contributed by atoms with Crippen molar-refractivity contribution in [2.75, 3.05) is 12.4 Å². The van der Waals surface area contributed by atoms with Gasteiger partial charge in [0.25, 0.3) is 0 Å². The molecule has 0 N–H and O–H groups in total. The van der Waals surface area contributed by atoms with E-state index in [9.17, 15) is 4.79 Å². The standard InChI is InChI=1S/C13H13BrO2S/c14-11-3-5-12(6-4-11)17-9-13(15)10-2-1-7-16-8-10/h3-6,8H,1-2,7,9H2. The van der Waals surface area contributed by atoms with Crippen LogP contribution < -0.4 is 0 Å². The van der Waals surface area contributed by atoms with Gasteiger partial charge in [-0.05, 0) is 37.1 Å². The molecule has 0 atom stereocenters. The molecule has 17 heavy (non-hydrogen) atoms. The normalized spacial score (nSPS) is 15.0. The van der Waals surface area contributed by atoms with Gasteiger partial charge in [0.15, 0.2) is 5.78 Å². The molecule has 0 spiro atoms. The lowest BCUT2D eigenvalue weighted by molar-refractivity contribution is -0.113. The molecule has 0 fully saturated rings. The molecule has 2 nitrogen and oxygen atoms in total. The second-order valence-electron chi connectivity index (χ2n) is 3.78. The van der Waals surface area contributed by atoms with Crippen LogP contribution in [-0.2, 0) is 9.53 Å². The van der Waals surface area contributed by atoms with Crippen molar-refractivity contribution < 1.29 is 9.53 Å². The average molecular weight is 313 g/mol. The van der Waals surface area contributed by atoms with E-state index < -0.39 is 0 Å². The Bertz CT molecular complexity index is 426. The Morgan fingerprint density at radius 3 is 2.76 bits per heavy atom. The first-order valence-corrected chi connectivity index (χ1v) is 7.26. The van der Waals surface area contributed by atoms with Crippen molar-refractivity contribution in [3.63, 3.8) is 0 Å². The molecule has 1 aliphatic rings. The Labute approximate surface area is 114 Å².